The van der Waals surface area contributed by atoms with Gasteiger partial charge in [0.2, 0.25) is 0 Å². The number of unbranched alkanes of at least 4 members (excludes halogenated alkanes) is 9. The van der Waals surface area contributed by atoms with Crippen LogP contribution in [-0.4, -0.2) is 35.3 Å². The molecule has 3 atom stereocenters. The van der Waals surface area contributed by atoms with Crippen LogP contribution >= 0.6 is 0 Å². The largest absolute Gasteiger partial charge is 0.388 e. The minimum atomic E-state index is -1.07. The van der Waals surface area contributed by atoms with Gasteiger partial charge in [0, 0.05) is 0 Å². The first-order valence-electron chi connectivity index (χ1n) is 9.83. The van der Waals surface area contributed by atoms with Crippen molar-refractivity contribution in [1.82, 2.24) is 0 Å². The average Bonchev–Trinajstić information content (AvgIpc) is 2.53. The molecule has 0 radical (unpaired) electrons. The molecule has 0 aromatic rings. The number of hydrogen-bond acceptors (Lipinski definition) is 4. The van der Waals surface area contributed by atoms with Crippen molar-refractivity contribution < 1.29 is 14.9 Å². The van der Waals surface area contributed by atoms with Crippen LogP contribution in [0.3, 0.4) is 0 Å². The van der Waals surface area contributed by atoms with Crippen LogP contribution < -0.4 is 5.73 Å². The van der Waals surface area contributed by atoms with Gasteiger partial charge in [-0.15, -0.1) is 0 Å². The molecule has 23 heavy (non-hydrogen) atoms. The second kappa shape index (κ2) is 16.7. The Hall–Kier alpha value is -0.160. The lowest BCUT2D eigenvalue weighted by Gasteiger charge is -2.23. The molecule has 0 aliphatic rings. The highest BCUT2D eigenvalue weighted by Gasteiger charge is 2.17. The fourth-order valence-electron chi connectivity index (χ4n) is 2.79. The maximum atomic E-state index is 9.70. The molecular weight excluding hydrogens is 290 g/mol. The van der Waals surface area contributed by atoms with Gasteiger partial charge in [-0.05, 0) is 39.2 Å². The van der Waals surface area contributed by atoms with E-state index >= 15 is 0 Å². The molecule has 0 aliphatic carbocycles. The van der Waals surface area contributed by atoms with Crippen molar-refractivity contribution in [3.63, 3.8) is 0 Å². The van der Waals surface area contributed by atoms with Crippen LogP contribution in [0.5, 0.6) is 0 Å². The zero-order valence-corrected chi connectivity index (χ0v) is 15.5. The fourth-order valence-corrected chi connectivity index (χ4v) is 2.79. The van der Waals surface area contributed by atoms with Crippen molar-refractivity contribution in [2.24, 2.45) is 5.73 Å². The van der Waals surface area contributed by atoms with E-state index in [4.69, 9.17) is 10.5 Å². The molecule has 0 bridgehead atoms. The molecule has 0 saturated heterocycles. The highest BCUT2D eigenvalue weighted by Crippen LogP contribution is 2.17. The van der Waals surface area contributed by atoms with Crippen molar-refractivity contribution in [1.29, 1.82) is 0 Å². The maximum Gasteiger partial charge on any atom is 0.180 e. The third kappa shape index (κ3) is 15.1. The van der Waals surface area contributed by atoms with Gasteiger partial charge >= 0.3 is 0 Å². The van der Waals surface area contributed by atoms with E-state index in [2.05, 4.69) is 6.92 Å². The Bertz CT molecular complexity index is 237. The van der Waals surface area contributed by atoms with Gasteiger partial charge in [0.05, 0.1) is 6.10 Å². The third-order valence-electron chi connectivity index (χ3n) is 4.35. The highest BCUT2D eigenvalue weighted by atomic mass is 16.6. The van der Waals surface area contributed by atoms with Crippen LogP contribution in [0.1, 0.15) is 97.3 Å². The Labute approximate surface area is 143 Å². The number of ether oxygens (including phenoxy) is 1. The Balaban J connectivity index is 3.73. The van der Waals surface area contributed by atoms with Gasteiger partial charge in [-0.2, -0.15) is 0 Å². The fraction of sp³-hybridized carbons (Fsp3) is 1.00. The zero-order valence-electron chi connectivity index (χ0n) is 15.5. The van der Waals surface area contributed by atoms with Crippen LogP contribution in [0, 0.1) is 0 Å². The maximum absolute atomic E-state index is 9.70. The Kier molecular flexibility index (Phi) is 16.6. The summed E-state index contributed by atoms with van der Waals surface area (Å²) in [5.74, 6) is 0. The van der Waals surface area contributed by atoms with E-state index in [9.17, 15) is 10.2 Å². The van der Waals surface area contributed by atoms with Crippen LogP contribution in [0.4, 0.5) is 0 Å². The van der Waals surface area contributed by atoms with E-state index < -0.39 is 12.4 Å². The lowest BCUT2D eigenvalue weighted by Crippen LogP contribution is -2.31. The van der Waals surface area contributed by atoms with Gasteiger partial charge < -0.3 is 20.7 Å². The lowest BCUT2D eigenvalue weighted by molar-refractivity contribution is -0.186. The molecule has 4 nitrogen and oxygen atoms in total. The average molecular weight is 332 g/mol. The summed E-state index contributed by atoms with van der Waals surface area (Å²) in [6.07, 6.45) is 13.8. The first-order chi connectivity index (χ1) is 11.1. The molecule has 0 aromatic carbocycles. The van der Waals surface area contributed by atoms with Gasteiger partial charge in [-0.3, -0.25) is 0 Å². The summed E-state index contributed by atoms with van der Waals surface area (Å²) >= 11 is 0. The molecule has 0 rings (SSSR count). The Morgan fingerprint density at radius 2 is 1.26 bits per heavy atom. The van der Waals surface area contributed by atoms with Crippen molar-refractivity contribution in [2.45, 2.75) is 116 Å². The van der Waals surface area contributed by atoms with E-state index in [0.29, 0.717) is 6.54 Å². The second-order valence-corrected chi connectivity index (χ2v) is 6.79. The predicted molar refractivity (Wildman–Crippen MR) is 97.3 cm³/mol. The van der Waals surface area contributed by atoms with Crippen LogP contribution in [0.25, 0.3) is 0 Å². The molecule has 3 unspecified atom stereocenters. The molecular formula is C19H41NO3. The van der Waals surface area contributed by atoms with Crippen LogP contribution in [-0.2, 0) is 4.74 Å². The topological polar surface area (TPSA) is 75.7 Å². The zero-order chi connectivity index (χ0) is 17.3. The summed E-state index contributed by atoms with van der Waals surface area (Å²) in [5.41, 5.74) is 5.53. The molecule has 140 valence electrons. The van der Waals surface area contributed by atoms with Crippen molar-refractivity contribution >= 4 is 0 Å². The Morgan fingerprint density at radius 1 is 0.783 bits per heavy atom. The lowest BCUT2D eigenvalue weighted by atomic mass is 10.0. The van der Waals surface area contributed by atoms with Gasteiger partial charge in [0.25, 0.3) is 0 Å². The van der Waals surface area contributed by atoms with Gasteiger partial charge in [-0.1, -0.05) is 64.7 Å². The predicted octanol–water partition coefficient (Wildman–Crippen LogP) is 4.12. The molecule has 0 saturated carbocycles. The Morgan fingerprint density at radius 3 is 1.74 bits per heavy atom. The number of nitrogens with two attached hydrogens (primary N) is 1. The highest BCUT2D eigenvalue weighted by molar-refractivity contribution is 4.63. The second-order valence-electron chi connectivity index (χ2n) is 6.79. The van der Waals surface area contributed by atoms with E-state index in [-0.39, 0.29) is 6.10 Å². The first-order valence-corrected chi connectivity index (χ1v) is 9.83. The van der Waals surface area contributed by atoms with Crippen molar-refractivity contribution in [2.75, 3.05) is 6.54 Å². The number of aliphatic hydroxyl groups excluding tert-OH is 2. The van der Waals surface area contributed by atoms with Gasteiger partial charge in [0.15, 0.2) is 6.29 Å². The van der Waals surface area contributed by atoms with Crippen LogP contribution in [0.15, 0.2) is 0 Å². The van der Waals surface area contributed by atoms with Gasteiger partial charge in [0.1, 0.15) is 6.10 Å². The van der Waals surface area contributed by atoms with E-state index in [1.54, 1.807) is 6.92 Å². The number of rotatable bonds is 17. The van der Waals surface area contributed by atoms with E-state index in [0.717, 1.165) is 32.1 Å². The summed E-state index contributed by atoms with van der Waals surface area (Å²) < 4.78 is 5.60. The number of hydrogen-bond donors (Lipinski definition) is 3. The normalized spacial score (nSPS) is 15.5. The molecule has 0 aliphatic heterocycles. The molecule has 0 heterocycles. The summed E-state index contributed by atoms with van der Waals surface area (Å²) in [7, 11) is 0. The first kappa shape index (κ1) is 22.8. The monoisotopic (exact) mass is 331 g/mol. The molecule has 0 aromatic heterocycles. The minimum Gasteiger partial charge on any atom is -0.388 e. The van der Waals surface area contributed by atoms with Crippen molar-refractivity contribution in [3.05, 3.63) is 0 Å². The standard InChI is InChI=1S/C19H41NO3/c1-3-4-5-6-7-8-9-10-11-14-18(15-12-13-16-20)23-19(22)17(2)21/h17-19,21-22H,3-16,20H2,1-2H3. The molecule has 4 heteroatoms. The number of aliphatic hydroxyl groups is 2. The molecule has 4 N–H and O–H groups in total. The summed E-state index contributed by atoms with van der Waals surface area (Å²) in [4.78, 5) is 0. The third-order valence-corrected chi connectivity index (χ3v) is 4.35. The molecule has 0 fully saturated rings. The van der Waals surface area contributed by atoms with E-state index in [1.165, 1.54) is 51.4 Å². The molecule has 0 amide bonds. The van der Waals surface area contributed by atoms with E-state index in [1.807, 2.05) is 0 Å². The summed E-state index contributed by atoms with van der Waals surface area (Å²) in [6, 6.07) is 0. The van der Waals surface area contributed by atoms with Crippen molar-refractivity contribution in [3.8, 4) is 0 Å². The quantitative estimate of drug-likeness (QED) is 0.277. The SMILES string of the molecule is CCCCCCCCCCCC(CCCCN)OC(O)C(C)O. The van der Waals surface area contributed by atoms with Crippen LogP contribution in [0.2, 0.25) is 0 Å². The summed E-state index contributed by atoms with van der Waals surface area (Å²) in [6.45, 7) is 4.50. The minimum absolute atomic E-state index is 0.0377. The molecule has 0 spiro atoms. The summed E-state index contributed by atoms with van der Waals surface area (Å²) in [5, 5.41) is 19.1. The van der Waals surface area contributed by atoms with Gasteiger partial charge in [-0.25, -0.2) is 0 Å². The smallest absolute Gasteiger partial charge is 0.180 e.